The Morgan fingerprint density at radius 1 is 1.50 bits per heavy atom. The molecule has 90 valence electrons. The van der Waals surface area contributed by atoms with E-state index in [9.17, 15) is 9.90 Å². The first-order chi connectivity index (χ1) is 7.65. The van der Waals surface area contributed by atoms with Gasteiger partial charge < -0.3 is 10.8 Å². The van der Waals surface area contributed by atoms with Crippen molar-refractivity contribution in [1.29, 1.82) is 0 Å². The quantitative estimate of drug-likeness (QED) is 0.696. The minimum Gasteiger partial charge on any atom is -0.393 e. The van der Waals surface area contributed by atoms with E-state index in [2.05, 4.69) is 5.10 Å². The molecule has 0 spiro atoms. The molecule has 1 aromatic rings. The van der Waals surface area contributed by atoms with Gasteiger partial charge in [-0.2, -0.15) is 0 Å². The van der Waals surface area contributed by atoms with Crippen LogP contribution in [0.3, 0.4) is 0 Å². The SMILES string of the molecule is CCc1[nH]n(C2CCCCC2O)c(=O)c1N. The van der Waals surface area contributed by atoms with Gasteiger partial charge in [0.25, 0.3) is 5.56 Å². The van der Waals surface area contributed by atoms with Crippen molar-refractivity contribution >= 4 is 5.69 Å². The van der Waals surface area contributed by atoms with Crippen LogP contribution in [0.4, 0.5) is 5.69 Å². The summed E-state index contributed by atoms with van der Waals surface area (Å²) in [5, 5.41) is 12.9. The van der Waals surface area contributed by atoms with Crippen molar-refractivity contribution in [3.05, 3.63) is 16.0 Å². The average molecular weight is 225 g/mol. The van der Waals surface area contributed by atoms with Crippen LogP contribution in [0.2, 0.25) is 0 Å². The third-order valence-corrected chi connectivity index (χ3v) is 3.41. The highest BCUT2D eigenvalue weighted by Gasteiger charge is 2.27. The number of nitrogens with two attached hydrogens (primary N) is 1. The van der Waals surface area contributed by atoms with Crippen molar-refractivity contribution < 1.29 is 5.11 Å². The Labute approximate surface area is 94.2 Å². The highest BCUT2D eigenvalue weighted by atomic mass is 16.3. The van der Waals surface area contributed by atoms with Crippen LogP contribution >= 0.6 is 0 Å². The lowest BCUT2D eigenvalue weighted by Gasteiger charge is -2.27. The lowest BCUT2D eigenvalue weighted by atomic mass is 9.93. The summed E-state index contributed by atoms with van der Waals surface area (Å²) in [6, 6.07) is -0.135. The molecule has 0 bridgehead atoms. The topological polar surface area (TPSA) is 84.0 Å². The van der Waals surface area contributed by atoms with Gasteiger partial charge in [-0.15, -0.1) is 0 Å². The lowest BCUT2D eigenvalue weighted by Crippen LogP contribution is -2.34. The van der Waals surface area contributed by atoms with Gasteiger partial charge in [-0.25, -0.2) is 4.68 Å². The molecule has 2 rings (SSSR count). The molecule has 1 aromatic heterocycles. The number of hydrogen-bond donors (Lipinski definition) is 3. The van der Waals surface area contributed by atoms with Crippen LogP contribution in [0.15, 0.2) is 4.79 Å². The molecule has 0 radical (unpaired) electrons. The molecule has 1 fully saturated rings. The molecule has 1 aliphatic rings. The number of rotatable bonds is 2. The number of aliphatic hydroxyl groups is 1. The third-order valence-electron chi connectivity index (χ3n) is 3.41. The van der Waals surface area contributed by atoms with Crippen molar-refractivity contribution in [1.82, 2.24) is 9.78 Å². The van der Waals surface area contributed by atoms with Gasteiger partial charge in [-0.05, 0) is 19.3 Å². The molecule has 1 aliphatic carbocycles. The number of aryl methyl sites for hydroxylation is 1. The molecule has 2 unspecified atom stereocenters. The van der Waals surface area contributed by atoms with Crippen LogP contribution in [0.25, 0.3) is 0 Å². The molecule has 4 N–H and O–H groups in total. The van der Waals surface area contributed by atoms with Crippen LogP contribution < -0.4 is 11.3 Å². The van der Waals surface area contributed by atoms with Gasteiger partial charge in [-0.1, -0.05) is 19.8 Å². The summed E-state index contributed by atoms with van der Waals surface area (Å²) in [5.74, 6) is 0. The van der Waals surface area contributed by atoms with E-state index in [1.807, 2.05) is 6.92 Å². The van der Waals surface area contributed by atoms with Crippen LogP contribution in [0.5, 0.6) is 0 Å². The minimum absolute atomic E-state index is 0.135. The summed E-state index contributed by atoms with van der Waals surface area (Å²) in [5.41, 5.74) is 6.59. The maximum atomic E-state index is 11.9. The number of hydrogen-bond acceptors (Lipinski definition) is 3. The molecule has 2 atom stereocenters. The highest BCUT2D eigenvalue weighted by molar-refractivity contribution is 5.40. The van der Waals surface area contributed by atoms with E-state index in [0.29, 0.717) is 12.1 Å². The summed E-state index contributed by atoms with van der Waals surface area (Å²) in [4.78, 5) is 11.9. The van der Waals surface area contributed by atoms with Crippen molar-refractivity contribution in [2.75, 3.05) is 5.73 Å². The van der Waals surface area contributed by atoms with Gasteiger partial charge in [0.2, 0.25) is 0 Å². The summed E-state index contributed by atoms with van der Waals surface area (Å²) in [6.07, 6.45) is 3.95. The van der Waals surface area contributed by atoms with E-state index >= 15 is 0 Å². The van der Waals surface area contributed by atoms with E-state index < -0.39 is 6.10 Å². The number of aliphatic hydroxyl groups excluding tert-OH is 1. The number of aromatic amines is 1. The molecule has 0 saturated heterocycles. The molecule has 1 heterocycles. The first-order valence-corrected chi connectivity index (χ1v) is 5.92. The number of anilines is 1. The van der Waals surface area contributed by atoms with E-state index in [-0.39, 0.29) is 11.6 Å². The fourth-order valence-corrected chi connectivity index (χ4v) is 2.41. The molecule has 16 heavy (non-hydrogen) atoms. The molecule has 5 nitrogen and oxygen atoms in total. The first kappa shape index (κ1) is 11.3. The Balaban J connectivity index is 2.36. The zero-order valence-corrected chi connectivity index (χ0v) is 9.57. The summed E-state index contributed by atoms with van der Waals surface area (Å²) >= 11 is 0. The molecule has 5 heteroatoms. The molecular formula is C11H19N3O2. The molecule has 0 aromatic carbocycles. The van der Waals surface area contributed by atoms with Gasteiger partial charge in [0, 0.05) is 0 Å². The van der Waals surface area contributed by atoms with E-state index in [4.69, 9.17) is 5.73 Å². The predicted molar refractivity (Wildman–Crippen MR) is 62.4 cm³/mol. The first-order valence-electron chi connectivity index (χ1n) is 5.92. The fourth-order valence-electron chi connectivity index (χ4n) is 2.41. The molecule has 0 aliphatic heterocycles. The fraction of sp³-hybridized carbons (Fsp3) is 0.727. The number of H-pyrrole nitrogens is 1. The van der Waals surface area contributed by atoms with E-state index in [0.717, 1.165) is 31.4 Å². The Morgan fingerprint density at radius 3 is 2.75 bits per heavy atom. The minimum atomic E-state index is -0.436. The summed E-state index contributed by atoms with van der Waals surface area (Å²) in [7, 11) is 0. The molecular weight excluding hydrogens is 206 g/mol. The normalized spacial score (nSPS) is 25.9. The standard InChI is InChI=1S/C11H19N3O2/c1-2-7-10(12)11(16)14(13-7)8-5-3-4-6-9(8)15/h8-9,13,15H,2-6,12H2,1H3. The van der Waals surface area contributed by atoms with Crippen molar-refractivity contribution in [3.63, 3.8) is 0 Å². The van der Waals surface area contributed by atoms with Crippen LogP contribution in [0.1, 0.15) is 44.3 Å². The zero-order valence-electron chi connectivity index (χ0n) is 9.57. The number of nitrogens with one attached hydrogen (secondary N) is 1. The second-order valence-corrected chi connectivity index (χ2v) is 4.45. The second-order valence-electron chi connectivity index (χ2n) is 4.45. The Kier molecular flexibility index (Phi) is 3.05. The van der Waals surface area contributed by atoms with Crippen LogP contribution in [-0.2, 0) is 6.42 Å². The summed E-state index contributed by atoms with van der Waals surface area (Å²) in [6.45, 7) is 1.95. The largest absolute Gasteiger partial charge is 0.393 e. The zero-order chi connectivity index (χ0) is 11.7. The lowest BCUT2D eigenvalue weighted by molar-refractivity contribution is 0.0677. The predicted octanol–water partition coefficient (Wildman–Crippen LogP) is 0.797. The maximum absolute atomic E-state index is 11.9. The Hall–Kier alpha value is -1.23. The van der Waals surface area contributed by atoms with Crippen molar-refractivity contribution in [3.8, 4) is 0 Å². The number of aromatic nitrogens is 2. The summed E-state index contributed by atoms with van der Waals surface area (Å²) < 4.78 is 1.51. The van der Waals surface area contributed by atoms with Crippen molar-refractivity contribution in [2.45, 2.75) is 51.2 Å². The Morgan fingerprint density at radius 2 is 2.19 bits per heavy atom. The van der Waals surface area contributed by atoms with Crippen LogP contribution in [-0.4, -0.2) is 21.0 Å². The van der Waals surface area contributed by atoms with Gasteiger partial charge in [-0.3, -0.25) is 9.89 Å². The third kappa shape index (κ3) is 1.75. The van der Waals surface area contributed by atoms with Gasteiger partial charge >= 0.3 is 0 Å². The van der Waals surface area contributed by atoms with Gasteiger partial charge in [0.1, 0.15) is 5.69 Å². The molecule has 1 saturated carbocycles. The smallest absolute Gasteiger partial charge is 0.290 e. The average Bonchev–Trinajstić information content (AvgIpc) is 2.57. The highest BCUT2D eigenvalue weighted by Crippen LogP contribution is 2.27. The van der Waals surface area contributed by atoms with E-state index in [1.54, 1.807) is 0 Å². The van der Waals surface area contributed by atoms with E-state index in [1.165, 1.54) is 4.68 Å². The second kappa shape index (κ2) is 4.33. The van der Waals surface area contributed by atoms with Crippen LogP contribution in [0, 0.1) is 0 Å². The number of nitrogens with zero attached hydrogens (tertiary/aromatic N) is 1. The monoisotopic (exact) mass is 225 g/mol. The Bertz CT molecular complexity index is 421. The van der Waals surface area contributed by atoms with Gasteiger partial charge in [0.15, 0.2) is 0 Å². The molecule has 0 amide bonds. The number of nitrogen functional groups attached to an aromatic ring is 1. The van der Waals surface area contributed by atoms with Gasteiger partial charge in [0.05, 0.1) is 17.8 Å². The maximum Gasteiger partial charge on any atom is 0.290 e. The van der Waals surface area contributed by atoms with Crippen molar-refractivity contribution in [2.24, 2.45) is 0 Å².